The van der Waals surface area contributed by atoms with Gasteiger partial charge in [0.25, 0.3) is 0 Å². The molecule has 0 amide bonds. The molecule has 2 fully saturated rings. The second-order valence-corrected chi connectivity index (χ2v) is 14.3. The number of aliphatic carboxylic acids is 1. The third kappa shape index (κ3) is 5.00. The van der Waals surface area contributed by atoms with Crippen molar-refractivity contribution >= 4 is 32.7 Å². The zero-order valence-electron chi connectivity index (χ0n) is 24.6. The van der Waals surface area contributed by atoms with Crippen LogP contribution in [0, 0.1) is 13.8 Å². The fourth-order valence-electron chi connectivity index (χ4n) is 7.01. The van der Waals surface area contributed by atoms with E-state index in [-0.39, 0.29) is 19.0 Å². The second kappa shape index (κ2) is 10.7. The largest absolute Gasteiger partial charge is 0.481 e. The molecule has 3 aromatic carbocycles. The van der Waals surface area contributed by atoms with Crippen molar-refractivity contribution in [2.45, 2.75) is 81.8 Å². The van der Waals surface area contributed by atoms with Crippen molar-refractivity contribution in [1.29, 1.82) is 0 Å². The molecule has 1 N–H and O–H groups in total. The predicted molar refractivity (Wildman–Crippen MR) is 165 cm³/mol. The Morgan fingerprint density at radius 1 is 1.02 bits per heavy atom. The van der Waals surface area contributed by atoms with Crippen LogP contribution in [0.3, 0.4) is 0 Å². The maximum Gasteiger partial charge on any atom is 0.304 e. The average Bonchev–Trinajstić information content (AvgIpc) is 3.76. The fraction of sp³-hybridized carbons (Fsp3) is 0.424. The number of sulfonamides is 1. The van der Waals surface area contributed by atoms with Gasteiger partial charge in [0, 0.05) is 31.6 Å². The van der Waals surface area contributed by atoms with E-state index in [1.807, 2.05) is 61.0 Å². The second-order valence-electron chi connectivity index (χ2n) is 12.4. The standard InChI is InChI=1S/C33H37N5O4S/c1-21-10-11-23(28(18-32(39)40)27-14-15-30-33(22(27)2)34-35-38(30)25-12-13-25)17-24(21)19-36-20-26-7-5-6-16-37(26)29-8-3-4-9-31(29)43(36,41)42/h3-4,8-11,14-15,17,25-26,28H,5-7,12-13,16,18-20H2,1-2H3,(H,39,40)/t26-,28+/m0/s1. The molecule has 43 heavy (non-hydrogen) atoms. The lowest BCUT2D eigenvalue weighted by molar-refractivity contribution is -0.137. The van der Waals surface area contributed by atoms with Crippen LogP contribution in [0.25, 0.3) is 11.0 Å². The molecule has 224 valence electrons. The van der Waals surface area contributed by atoms with Gasteiger partial charge in [0.05, 0.1) is 23.7 Å². The van der Waals surface area contributed by atoms with Gasteiger partial charge >= 0.3 is 5.97 Å². The van der Waals surface area contributed by atoms with Crippen molar-refractivity contribution in [3.05, 3.63) is 82.4 Å². The third-order valence-electron chi connectivity index (χ3n) is 9.54. The molecule has 1 saturated carbocycles. The Hall–Kier alpha value is -3.76. The summed E-state index contributed by atoms with van der Waals surface area (Å²) in [5, 5.41) is 18.8. The van der Waals surface area contributed by atoms with Crippen molar-refractivity contribution < 1.29 is 18.3 Å². The summed E-state index contributed by atoms with van der Waals surface area (Å²) >= 11 is 0. The van der Waals surface area contributed by atoms with E-state index in [4.69, 9.17) is 0 Å². The van der Waals surface area contributed by atoms with Crippen LogP contribution in [-0.2, 0) is 21.4 Å². The highest BCUT2D eigenvalue weighted by molar-refractivity contribution is 7.89. The molecule has 0 spiro atoms. The van der Waals surface area contributed by atoms with E-state index in [0.29, 0.717) is 17.5 Å². The molecule has 1 saturated heterocycles. The number of aryl methyl sites for hydroxylation is 2. The lowest BCUT2D eigenvalue weighted by Gasteiger charge is -2.37. The van der Waals surface area contributed by atoms with E-state index in [0.717, 1.165) is 83.2 Å². The highest BCUT2D eigenvalue weighted by atomic mass is 32.2. The van der Waals surface area contributed by atoms with Gasteiger partial charge in [0.2, 0.25) is 10.0 Å². The highest BCUT2D eigenvalue weighted by Gasteiger charge is 2.38. The number of para-hydroxylation sites is 1. The first kappa shape index (κ1) is 28.0. The normalized spacial score (nSPS) is 20.8. The van der Waals surface area contributed by atoms with Gasteiger partial charge in [-0.05, 0) is 92.0 Å². The number of carboxylic acids is 1. The Bertz CT molecular complexity index is 1830. The van der Waals surface area contributed by atoms with Crippen molar-refractivity contribution in [3.63, 3.8) is 0 Å². The summed E-state index contributed by atoms with van der Waals surface area (Å²) in [6.45, 7) is 5.49. The Labute approximate surface area is 252 Å². The maximum atomic E-state index is 14.1. The van der Waals surface area contributed by atoms with Crippen LogP contribution in [0.2, 0.25) is 0 Å². The number of carbonyl (C=O) groups is 1. The lowest BCUT2D eigenvalue weighted by atomic mass is 9.84. The number of hydrogen-bond acceptors (Lipinski definition) is 6. The van der Waals surface area contributed by atoms with E-state index in [1.165, 1.54) is 0 Å². The van der Waals surface area contributed by atoms with Gasteiger partial charge in [-0.3, -0.25) is 4.79 Å². The highest BCUT2D eigenvalue weighted by Crippen LogP contribution is 2.40. The molecule has 9 nitrogen and oxygen atoms in total. The minimum Gasteiger partial charge on any atom is -0.481 e. The fourth-order valence-corrected chi connectivity index (χ4v) is 8.67. The Balaban J connectivity index is 1.26. The summed E-state index contributed by atoms with van der Waals surface area (Å²) in [6.07, 6.45) is 5.21. The van der Waals surface area contributed by atoms with Gasteiger partial charge in [-0.2, -0.15) is 4.31 Å². The van der Waals surface area contributed by atoms with Crippen molar-refractivity contribution in [2.24, 2.45) is 0 Å². The van der Waals surface area contributed by atoms with Gasteiger partial charge < -0.3 is 10.0 Å². The predicted octanol–water partition coefficient (Wildman–Crippen LogP) is 5.55. The topological polar surface area (TPSA) is 109 Å². The summed E-state index contributed by atoms with van der Waals surface area (Å²) in [7, 11) is -3.75. The van der Waals surface area contributed by atoms with Crippen molar-refractivity contribution in [2.75, 3.05) is 18.0 Å². The summed E-state index contributed by atoms with van der Waals surface area (Å²) in [5.74, 6) is -1.31. The SMILES string of the molecule is Cc1ccc([C@@H](CC(=O)O)c2ccc3c(nnn3C3CC3)c2C)cc1CN1C[C@@H]2CCCCN2c2ccccc2S1(=O)=O. The minimum atomic E-state index is -3.75. The number of aromatic nitrogens is 3. The molecule has 2 aliphatic heterocycles. The molecule has 1 aromatic heterocycles. The van der Waals surface area contributed by atoms with Crippen LogP contribution in [0.5, 0.6) is 0 Å². The molecule has 2 atom stereocenters. The first-order valence-electron chi connectivity index (χ1n) is 15.2. The molecule has 0 radical (unpaired) electrons. The summed E-state index contributed by atoms with van der Waals surface area (Å²) in [6, 6.07) is 17.9. The van der Waals surface area contributed by atoms with Gasteiger partial charge in [-0.25, -0.2) is 13.1 Å². The van der Waals surface area contributed by atoms with E-state index >= 15 is 0 Å². The number of fused-ring (bicyclic) bond motifs is 4. The number of nitrogens with zero attached hydrogens (tertiary/aromatic N) is 5. The van der Waals surface area contributed by atoms with Crippen molar-refractivity contribution in [3.8, 4) is 0 Å². The number of anilines is 1. The number of hydrogen-bond donors (Lipinski definition) is 1. The van der Waals surface area contributed by atoms with Gasteiger partial charge in [0.15, 0.2) is 0 Å². The first-order chi connectivity index (χ1) is 20.7. The molecule has 10 heteroatoms. The summed E-state index contributed by atoms with van der Waals surface area (Å²) < 4.78 is 31.8. The molecule has 3 heterocycles. The summed E-state index contributed by atoms with van der Waals surface area (Å²) in [4.78, 5) is 14.8. The molecule has 0 bridgehead atoms. The van der Waals surface area contributed by atoms with E-state index in [2.05, 4.69) is 15.2 Å². The van der Waals surface area contributed by atoms with Gasteiger partial charge in [0.1, 0.15) is 10.4 Å². The Morgan fingerprint density at radius 3 is 2.63 bits per heavy atom. The number of carboxylic acid groups (broad SMARTS) is 1. The zero-order chi connectivity index (χ0) is 29.9. The zero-order valence-corrected chi connectivity index (χ0v) is 25.4. The number of benzene rings is 3. The molecule has 1 aliphatic carbocycles. The Morgan fingerprint density at radius 2 is 1.84 bits per heavy atom. The summed E-state index contributed by atoms with van der Waals surface area (Å²) in [5.41, 5.74) is 7.13. The third-order valence-corrected chi connectivity index (χ3v) is 11.4. The molecule has 0 unspecified atom stereocenters. The quantitative estimate of drug-likeness (QED) is 0.297. The molecule has 7 rings (SSSR count). The van der Waals surface area contributed by atoms with E-state index < -0.39 is 21.9 Å². The van der Waals surface area contributed by atoms with E-state index in [9.17, 15) is 18.3 Å². The van der Waals surface area contributed by atoms with Crippen LogP contribution >= 0.6 is 0 Å². The molecule has 3 aliphatic rings. The van der Waals surface area contributed by atoms with Crippen molar-refractivity contribution in [1.82, 2.24) is 19.3 Å². The maximum absolute atomic E-state index is 14.1. The van der Waals surface area contributed by atoms with E-state index in [1.54, 1.807) is 16.4 Å². The number of rotatable bonds is 7. The monoisotopic (exact) mass is 599 g/mol. The van der Waals surface area contributed by atoms with Crippen LogP contribution in [0.15, 0.2) is 59.5 Å². The first-order valence-corrected chi connectivity index (χ1v) is 16.7. The molecular weight excluding hydrogens is 562 g/mol. The Kier molecular flexibility index (Phi) is 7.01. The smallest absolute Gasteiger partial charge is 0.304 e. The average molecular weight is 600 g/mol. The number of piperidine rings is 1. The van der Waals surface area contributed by atoms with Crippen LogP contribution in [0.4, 0.5) is 5.69 Å². The van der Waals surface area contributed by atoms with Crippen LogP contribution in [0.1, 0.15) is 78.3 Å². The molecule has 4 aromatic rings. The lowest BCUT2D eigenvalue weighted by Crippen LogP contribution is -2.45. The van der Waals surface area contributed by atoms with Gasteiger partial charge in [-0.15, -0.1) is 5.10 Å². The van der Waals surface area contributed by atoms with Gasteiger partial charge in [-0.1, -0.05) is 41.6 Å². The minimum absolute atomic E-state index is 0.0853. The molecular formula is C33H37N5O4S. The van der Waals surface area contributed by atoms with Crippen LogP contribution in [-0.4, -0.2) is 57.9 Å². The van der Waals surface area contributed by atoms with Crippen LogP contribution < -0.4 is 4.90 Å².